The molecule has 5 atom stereocenters. The van der Waals surface area contributed by atoms with Crippen LogP contribution in [-0.4, -0.2) is 65.3 Å². The molecule has 3 aliphatic heterocycles. The van der Waals surface area contributed by atoms with E-state index in [9.17, 15) is 14.4 Å². The number of nitrogens with zero attached hydrogens (tertiary/aromatic N) is 1. The number of nitrogens with one attached hydrogen (secondary N) is 1. The number of likely N-dealkylation sites (tertiary alicyclic amines) is 1. The van der Waals surface area contributed by atoms with Gasteiger partial charge in [-0.25, -0.2) is 0 Å². The Labute approximate surface area is 204 Å². The summed E-state index contributed by atoms with van der Waals surface area (Å²) in [6, 6.07) is 12.8. The minimum Gasteiger partial charge on any atom is -0.466 e. The first-order valence-electron chi connectivity index (χ1n) is 12.6. The molecule has 0 aromatic heterocycles. The summed E-state index contributed by atoms with van der Waals surface area (Å²) >= 11 is 0. The summed E-state index contributed by atoms with van der Waals surface area (Å²) in [7, 11) is 0. The van der Waals surface area contributed by atoms with E-state index < -0.39 is 35.6 Å². The topological polar surface area (TPSA) is 105 Å². The summed E-state index contributed by atoms with van der Waals surface area (Å²) in [5, 5.41) is 14.2. The van der Waals surface area contributed by atoms with Crippen LogP contribution in [0.5, 0.6) is 0 Å². The first kappa shape index (κ1) is 23.8. The van der Waals surface area contributed by atoms with Gasteiger partial charge in [0.05, 0.1) is 24.5 Å². The Kier molecular flexibility index (Phi) is 6.51. The molecule has 5 rings (SSSR count). The third-order valence-corrected chi connectivity index (χ3v) is 7.68. The normalized spacial score (nSPS) is 29.0. The predicted molar refractivity (Wildman–Crippen MR) is 129 cm³/mol. The van der Waals surface area contributed by atoms with Crippen molar-refractivity contribution >= 4 is 34.2 Å². The Balaban J connectivity index is 1.45. The van der Waals surface area contributed by atoms with Gasteiger partial charge in [0.25, 0.3) is 0 Å². The maximum atomic E-state index is 13.8. The number of rotatable bonds is 9. The van der Waals surface area contributed by atoms with Gasteiger partial charge in [-0.15, -0.1) is 0 Å². The number of fused-ring (bicyclic) bond motifs is 2. The molecule has 3 aliphatic rings. The predicted octanol–water partition coefficient (Wildman–Crippen LogP) is 2.88. The number of hydrogen-bond acceptors (Lipinski definition) is 6. The second-order valence-corrected chi connectivity index (χ2v) is 9.68. The van der Waals surface area contributed by atoms with E-state index in [1.54, 1.807) is 11.8 Å². The van der Waals surface area contributed by atoms with Crippen LogP contribution in [0.4, 0.5) is 5.69 Å². The Bertz CT molecular complexity index is 1140. The van der Waals surface area contributed by atoms with E-state index in [-0.39, 0.29) is 25.0 Å². The van der Waals surface area contributed by atoms with E-state index in [0.717, 1.165) is 17.2 Å². The maximum Gasteiger partial charge on any atom is 0.312 e. The van der Waals surface area contributed by atoms with Crippen LogP contribution in [0.25, 0.3) is 10.8 Å². The molecule has 2 aromatic rings. The number of benzene rings is 2. The molecule has 2 aromatic carbocycles. The van der Waals surface area contributed by atoms with Gasteiger partial charge in [0.15, 0.2) is 0 Å². The quantitative estimate of drug-likeness (QED) is 0.422. The molecule has 0 radical (unpaired) electrons. The summed E-state index contributed by atoms with van der Waals surface area (Å²) < 4.78 is 11.7. The van der Waals surface area contributed by atoms with Gasteiger partial charge in [0.2, 0.25) is 11.8 Å². The fourth-order valence-electron chi connectivity index (χ4n) is 6.25. The van der Waals surface area contributed by atoms with E-state index in [0.29, 0.717) is 37.9 Å². The number of hydrogen-bond donors (Lipinski definition) is 2. The van der Waals surface area contributed by atoms with Crippen molar-refractivity contribution in [2.24, 2.45) is 11.8 Å². The van der Waals surface area contributed by atoms with Gasteiger partial charge in [-0.05, 0) is 61.9 Å². The molecule has 0 aliphatic carbocycles. The highest BCUT2D eigenvalue weighted by Crippen LogP contribution is 2.58. The van der Waals surface area contributed by atoms with Crippen molar-refractivity contribution in [3.8, 4) is 0 Å². The van der Waals surface area contributed by atoms with Gasteiger partial charge in [0, 0.05) is 18.8 Å². The monoisotopic (exact) mass is 480 g/mol. The van der Waals surface area contributed by atoms with Crippen LogP contribution >= 0.6 is 0 Å². The first-order valence-corrected chi connectivity index (χ1v) is 12.6. The lowest BCUT2D eigenvalue weighted by atomic mass is 9.71. The molecule has 1 spiro atoms. The molecule has 3 fully saturated rings. The second-order valence-electron chi connectivity index (χ2n) is 9.68. The molecule has 3 saturated heterocycles. The second kappa shape index (κ2) is 9.59. The molecule has 35 heavy (non-hydrogen) atoms. The van der Waals surface area contributed by atoms with Crippen molar-refractivity contribution in [1.82, 2.24) is 4.90 Å². The summed E-state index contributed by atoms with van der Waals surface area (Å²) in [5.41, 5.74) is -0.382. The number of unbranched alkanes of at least 4 members (excludes halogenated alkanes) is 2. The molecule has 0 unspecified atom stereocenters. The molecule has 3 heterocycles. The first-order chi connectivity index (χ1) is 17.0. The van der Waals surface area contributed by atoms with Gasteiger partial charge >= 0.3 is 5.97 Å². The van der Waals surface area contributed by atoms with Gasteiger partial charge in [-0.1, -0.05) is 30.3 Å². The van der Waals surface area contributed by atoms with Crippen LogP contribution in [-0.2, 0) is 23.9 Å². The van der Waals surface area contributed by atoms with Crippen molar-refractivity contribution < 1.29 is 29.0 Å². The highest BCUT2D eigenvalue weighted by atomic mass is 16.6. The Morgan fingerprint density at radius 1 is 1.17 bits per heavy atom. The molecular formula is C27H32N2O6. The average molecular weight is 481 g/mol. The third kappa shape index (κ3) is 3.98. The molecule has 2 amide bonds. The number of amides is 2. The van der Waals surface area contributed by atoms with E-state index in [1.807, 2.05) is 42.5 Å². The number of carbonyl (C=O) groups is 3. The van der Waals surface area contributed by atoms with E-state index in [2.05, 4.69) is 5.32 Å². The molecule has 8 nitrogen and oxygen atoms in total. The molecule has 2 bridgehead atoms. The summed E-state index contributed by atoms with van der Waals surface area (Å²) in [5.74, 6) is -2.34. The smallest absolute Gasteiger partial charge is 0.312 e. The van der Waals surface area contributed by atoms with Crippen LogP contribution in [0.1, 0.15) is 39.0 Å². The fourth-order valence-corrected chi connectivity index (χ4v) is 6.25. The lowest BCUT2D eigenvalue weighted by Crippen LogP contribution is -2.53. The number of carbonyl (C=O) groups excluding carboxylic acids is 3. The van der Waals surface area contributed by atoms with Crippen molar-refractivity contribution in [3.05, 3.63) is 42.5 Å². The highest BCUT2D eigenvalue weighted by molar-refractivity contribution is 6.04. The van der Waals surface area contributed by atoms with Gasteiger partial charge in [0.1, 0.15) is 11.6 Å². The summed E-state index contributed by atoms with van der Waals surface area (Å²) in [6.07, 6.45) is 2.78. The molecule has 0 saturated carbocycles. The van der Waals surface area contributed by atoms with Gasteiger partial charge in [-0.2, -0.15) is 0 Å². The van der Waals surface area contributed by atoms with Crippen LogP contribution in [0.2, 0.25) is 0 Å². The van der Waals surface area contributed by atoms with Crippen LogP contribution < -0.4 is 5.32 Å². The summed E-state index contributed by atoms with van der Waals surface area (Å²) in [4.78, 5) is 41.9. The van der Waals surface area contributed by atoms with E-state index in [4.69, 9.17) is 14.6 Å². The highest BCUT2D eigenvalue weighted by Gasteiger charge is 2.74. The van der Waals surface area contributed by atoms with E-state index in [1.165, 1.54) is 0 Å². The SMILES string of the molecule is CCOC(=O)[C@@H]1[C@@H]2CC[C@]3(O2)[C@H](C(=O)Nc2ccc4ccccc4c2)N(CCCCCO)C(=O)[C@@H]13. The standard InChI is InChI=1S/C27H32N2O6/c1-2-34-26(33)21-20-12-13-27(35-20)22(21)25(32)29(14-6-3-7-15-30)23(27)24(31)28-19-11-10-17-8-4-5-9-18(17)16-19/h4-5,8-11,16,20-23,30H,2-3,6-7,12-15H2,1H3,(H,28,31)/t20-,21+,22+,23-,27+/m0/s1. The van der Waals surface area contributed by atoms with Crippen molar-refractivity contribution in [1.29, 1.82) is 0 Å². The van der Waals surface area contributed by atoms with Crippen LogP contribution in [0.3, 0.4) is 0 Å². The minimum absolute atomic E-state index is 0.0854. The zero-order valence-electron chi connectivity index (χ0n) is 19.9. The number of anilines is 1. The van der Waals surface area contributed by atoms with E-state index >= 15 is 0 Å². The maximum absolute atomic E-state index is 13.8. The molecule has 186 valence electrons. The van der Waals surface area contributed by atoms with Gasteiger partial charge < -0.3 is 24.8 Å². The van der Waals surface area contributed by atoms with Crippen molar-refractivity contribution in [2.75, 3.05) is 25.1 Å². The number of aliphatic hydroxyl groups excluding tert-OH is 1. The van der Waals surface area contributed by atoms with Gasteiger partial charge in [-0.3, -0.25) is 14.4 Å². The zero-order valence-corrected chi connectivity index (χ0v) is 19.9. The molecule has 2 N–H and O–H groups in total. The Hall–Kier alpha value is -2.97. The third-order valence-electron chi connectivity index (χ3n) is 7.68. The largest absolute Gasteiger partial charge is 0.466 e. The zero-order chi connectivity index (χ0) is 24.6. The molecular weight excluding hydrogens is 448 g/mol. The summed E-state index contributed by atoms with van der Waals surface area (Å²) in [6.45, 7) is 2.43. The lowest BCUT2D eigenvalue weighted by Gasteiger charge is -2.33. The molecule has 8 heteroatoms. The lowest BCUT2D eigenvalue weighted by molar-refractivity contribution is -0.154. The Morgan fingerprint density at radius 2 is 1.97 bits per heavy atom. The minimum atomic E-state index is -1.03. The number of aliphatic hydroxyl groups is 1. The van der Waals surface area contributed by atoms with Crippen molar-refractivity contribution in [2.45, 2.75) is 56.8 Å². The fraction of sp³-hybridized carbons (Fsp3) is 0.519. The van der Waals surface area contributed by atoms with Crippen molar-refractivity contribution in [3.63, 3.8) is 0 Å². The number of esters is 1. The Morgan fingerprint density at radius 3 is 2.74 bits per heavy atom. The average Bonchev–Trinajstić information content (AvgIpc) is 3.49. The number of ether oxygens (including phenoxy) is 2. The van der Waals surface area contributed by atoms with Crippen LogP contribution in [0, 0.1) is 11.8 Å². The van der Waals surface area contributed by atoms with Crippen LogP contribution in [0.15, 0.2) is 42.5 Å².